The van der Waals surface area contributed by atoms with Crippen molar-refractivity contribution in [2.75, 3.05) is 7.11 Å². The first-order chi connectivity index (χ1) is 14.0. The first-order valence-electron chi connectivity index (χ1n) is 8.93. The molecule has 3 aromatic rings. The van der Waals surface area contributed by atoms with Crippen LogP contribution in [0.25, 0.3) is 0 Å². The lowest BCUT2D eigenvalue weighted by molar-refractivity contribution is 0.0940. The van der Waals surface area contributed by atoms with E-state index in [1.54, 1.807) is 37.7 Å². The van der Waals surface area contributed by atoms with Crippen LogP contribution < -0.4 is 14.8 Å². The molecule has 0 fully saturated rings. The van der Waals surface area contributed by atoms with Gasteiger partial charge in [-0.1, -0.05) is 33.6 Å². The molecular weight excluding hydrogens is 456 g/mol. The summed E-state index contributed by atoms with van der Waals surface area (Å²) in [5.74, 6) is 0.980. The zero-order chi connectivity index (χ0) is 20.8. The van der Waals surface area contributed by atoms with Crippen LogP contribution in [-0.2, 0) is 6.61 Å². The maximum atomic E-state index is 12.6. The lowest BCUT2D eigenvalue weighted by Crippen LogP contribution is -2.26. The van der Waals surface area contributed by atoms with Crippen molar-refractivity contribution >= 4 is 33.4 Å². The van der Waals surface area contributed by atoms with Crippen LogP contribution in [-0.4, -0.2) is 18.0 Å². The van der Waals surface area contributed by atoms with E-state index in [-0.39, 0.29) is 11.9 Å². The molecule has 0 radical (unpaired) electrons. The second-order valence-electron chi connectivity index (χ2n) is 6.37. The highest BCUT2D eigenvalue weighted by Crippen LogP contribution is 2.31. The highest BCUT2D eigenvalue weighted by atomic mass is 79.9. The predicted molar refractivity (Wildman–Crippen MR) is 117 cm³/mol. The summed E-state index contributed by atoms with van der Waals surface area (Å²) in [5.41, 5.74) is 2.32. The van der Waals surface area contributed by atoms with E-state index in [0.29, 0.717) is 28.7 Å². The van der Waals surface area contributed by atoms with Gasteiger partial charge in [-0.2, -0.15) is 0 Å². The zero-order valence-electron chi connectivity index (χ0n) is 16.0. The summed E-state index contributed by atoms with van der Waals surface area (Å²) in [5, 5.41) is 3.35. The van der Waals surface area contributed by atoms with Gasteiger partial charge in [0.05, 0.1) is 23.7 Å². The summed E-state index contributed by atoms with van der Waals surface area (Å²) in [7, 11) is 1.59. The second-order valence-corrected chi connectivity index (χ2v) is 7.70. The first-order valence-corrected chi connectivity index (χ1v) is 10.1. The fourth-order valence-corrected chi connectivity index (χ4v) is 3.50. The fraction of sp³-hybridized carbons (Fsp3) is 0.182. The minimum atomic E-state index is -0.245. The summed E-state index contributed by atoms with van der Waals surface area (Å²) in [4.78, 5) is 16.6. The minimum absolute atomic E-state index is 0.244. The molecule has 0 spiro atoms. The van der Waals surface area contributed by atoms with Gasteiger partial charge in [0.2, 0.25) is 0 Å². The highest BCUT2D eigenvalue weighted by Gasteiger charge is 2.16. The number of carbonyl (C=O) groups excluding carboxylic acids is 1. The quantitative estimate of drug-likeness (QED) is 0.485. The van der Waals surface area contributed by atoms with Crippen LogP contribution in [0.1, 0.15) is 34.5 Å². The van der Waals surface area contributed by atoms with Gasteiger partial charge in [-0.15, -0.1) is 0 Å². The molecule has 3 rings (SSSR count). The molecule has 2 aromatic carbocycles. The molecule has 1 atom stereocenters. The van der Waals surface area contributed by atoms with Crippen LogP contribution in [0.3, 0.4) is 0 Å². The molecule has 1 heterocycles. The van der Waals surface area contributed by atoms with Crippen LogP contribution in [0.4, 0.5) is 0 Å². The van der Waals surface area contributed by atoms with Gasteiger partial charge in [0, 0.05) is 16.9 Å². The summed E-state index contributed by atoms with van der Waals surface area (Å²) >= 11 is 9.51. The van der Waals surface area contributed by atoms with E-state index in [2.05, 4.69) is 26.2 Å². The van der Waals surface area contributed by atoms with Crippen LogP contribution in [0.5, 0.6) is 11.5 Å². The number of benzene rings is 2. The Kier molecular flexibility index (Phi) is 7.12. The molecule has 0 bridgehead atoms. The number of rotatable bonds is 7. The smallest absolute Gasteiger partial charge is 0.253 e. The number of pyridine rings is 1. The van der Waals surface area contributed by atoms with Crippen molar-refractivity contribution in [3.8, 4) is 11.5 Å². The summed E-state index contributed by atoms with van der Waals surface area (Å²) in [6.07, 6.45) is 3.45. The molecule has 7 heteroatoms. The summed E-state index contributed by atoms with van der Waals surface area (Å²) in [6, 6.07) is 14.3. The average Bonchev–Trinajstić information content (AvgIpc) is 2.72. The topological polar surface area (TPSA) is 60.5 Å². The van der Waals surface area contributed by atoms with Gasteiger partial charge < -0.3 is 14.8 Å². The van der Waals surface area contributed by atoms with Gasteiger partial charge in [0.15, 0.2) is 11.5 Å². The van der Waals surface area contributed by atoms with Gasteiger partial charge in [-0.3, -0.25) is 9.78 Å². The maximum absolute atomic E-state index is 12.6. The summed E-state index contributed by atoms with van der Waals surface area (Å²) in [6.45, 7) is 2.31. The third kappa shape index (κ3) is 5.49. The van der Waals surface area contributed by atoms with E-state index in [1.165, 1.54) is 0 Å². The van der Waals surface area contributed by atoms with Crippen molar-refractivity contribution in [1.29, 1.82) is 0 Å². The van der Waals surface area contributed by atoms with Crippen molar-refractivity contribution in [2.24, 2.45) is 0 Å². The molecule has 5 nitrogen and oxygen atoms in total. The number of nitrogens with zero attached hydrogens (tertiary/aromatic N) is 1. The number of halogens is 2. The number of aromatic nitrogens is 1. The largest absolute Gasteiger partial charge is 0.493 e. The summed E-state index contributed by atoms with van der Waals surface area (Å²) < 4.78 is 12.2. The number of nitrogens with one attached hydrogen (secondary N) is 1. The Morgan fingerprint density at radius 2 is 1.90 bits per heavy atom. The third-order valence-electron chi connectivity index (χ3n) is 4.35. The zero-order valence-corrected chi connectivity index (χ0v) is 18.3. The van der Waals surface area contributed by atoms with Crippen molar-refractivity contribution in [1.82, 2.24) is 10.3 Å². The van der Waals surface area contributed by atoms with Gasteiger partial charge in [-0.05, 0) is 60.5 Å². The molecule has 1 unspecified atom stereocenters. The molecule has 1 aromatic heterocycles. The Labute approximate surface area is 183 Å². The van der Waals surface area contributed by atoms with E-state index in [4.69, 9.17) is 21.1 Å². The lowest BCUT2D eigenvalue weighted by atomic mass is 10.1. The second kappa shape index (κ2) is 9.76. The van der Waals surface area contributed by atoms with Crippen molar-refractivity contribution in [3.05, 3.63) is 87.1 Å². The molecule has 0 aliphatic carbocycles. The van der Waals surface area contributed by atoms with Gasteiger partial charge in [0.25, 0.3) is 5.91 Å². The SMILES string of the molecule is COc1cc(C(C)NC(=O)c2ccc(Br)cc2Cl)ccc1OCc1ccncc1. The van der Waals surface area contributed by atoms with Crippen molar-refractivity contribution in [3.63, 3.8) is 0 Å². The number of ether oxygens (including phenoxy) is 2. The van der Waals surface area contributed by atoms with E-state index >= 15 is 0 Å². The van der Waals surface area contributed by atoms with Gasteiger partial charge in [0.1, 0.15) is 6.61 Å². The monoisotopic (exact) mass is 474 g/mol. The van der Waals surface area contributed by atoms with E-state index in [9.17, 15) is 4.79 Å². The highest BCUT2D eigenvalue weighted by molar-refractivity contribution is 9.10. The maximum Gasteiger partial charge on any atom is 0.253 e. The van der Waals surface area contributed by atoms with E-state index in [1.807, 2.05) is 37.3 Å². The number of carbonyl (C=O) groups is 1. The Balaban J connectivity index is 1.70. The molecule has 1 amide bonds. The molecule has 1 N–H and O–H groups in total. The first kappa shape index (κ1) is 21.1. The lowest BCUT2D eigenvalue weighted by Gasteiger charge is -2.18. The van der Waals surface area contributed by atoms with E-state index < -0.39 is 0 Å². The molecule has 0 saturated carbocycles. The molecular formula is C22H20BrClN2O3. The third-order valence-corrected chi connectivity index (χ3v) is 5.16. The number of hydrogen-bond donors (Lipinski definition) is 1. The Morgan fingerprint density at radius 1 is 1.14 bits per heavy atom. The average molecular weight is 476 g/mol. The fourth-order valence-electron chi connectivity index (χ4n) is 2.74. The van der Waals surface area contributed by atoms with Crippen LogP contribution in [0.2, 0.25) is 5.02 Å². The van der Waals surface area contributed by atoms with Crippen LogP contribution >= 0.6 is 27.5 Å². The Bertz CT molecular complexity index is 999. The number of amides is 1. The minimum Gasteiger partial charge on any atom is -0.493 e. The molecule has 29 heavy (non-hydrogen) atoms. The molecule has 150 valence electrons. The van der Waals surface area contributed by atoms with Gasteiger partial charge in [-0.25, -0.2) is 0 Å². The molecule has 0 saturated heterocycles. The molecule has 0 aliphatic heterocycles. The van der Waals surface area contributed by atoms with Gasteiger partial charge >= 0.3 is 0 Å². The van der Waals surface area contributed by atoms with Crippen molar-refractivity contribution in [2.45, 2.75) is 19.6 Å². The Hall–Kier alpha value is -2.57. The van der Waals surface area contributed by atoms with Crippen LogP contribution in [0, 0.1) is 0 Å². The van der Waals surface area contributed by atoms with E-state index in [0.717, 1.165) is 15.6 Å². The van der Waals surface area contributed by atoms with Crippen molar-refractivity contribution < 1.29 is 14.3 Å². The van der Waals surface area contributed by atoms with Crippen LogP contribution in [0.15, 0.2) is 65.4 Å². The molecule has 0 aliphatic rings. The number of hydrogen-bond acceptors (Lipinski definition) is 4. The number of methoxy groups -OCH3 is 1. The predicted octanol–water partition coefficient (Wildman–Crippen LogP) is 5.58. The standard InChI is InChI=1S/C22H20BrClN2O3/c1-14(26-22(27)18-5-4-17(23)12-19(18)24)16-3-6-20(21(11-16)28-2)29-13-15-7-9-25-10-8-15/h3-12,14H,13H2,1-2H3,(H,26,27). The normalized spacial score (nSPS) is 11.6. The Morgan fingerprint density at radius 3 is 2.59 bits per heavy atom.